The van der Waals surface area contributed by atoms with Crippen LogP contribution in [-0.4, -0.2) is 37.0 Å². The predicted molar refractivity (Wildman–Crippen MR) is 82.1 cm³/mol. The van der Waals surface area contributed by atoms with Gasteiger partial charge in [-0.25, -0.2) is 4.39 Å². The van der Waals surface area contributed by atoms with Crippen LogP contribution in [0.4, 0.5) is 4.39 Å². The van der Waals surface area contributed by atoms with Crippen LogP contribution in [0.2, 0.25) is 0 Å². The summed E-state index contributed by atoms with van der Waals surface area (Å²) in [4.78, 5) is 14.2. The molecule has 1 amide bonds. The molecule has 0 unspecified atom stereocenters. The summed E-state index contributed by atoms with van der Waals surface area (Å²) in [6.45, 7) is 1.42. The van der Waals surface area contributed by atoms with Crippen LogP contribution in [0.1, 0.15) is 23.4 Å². The minimum atomic E-state index is -0.356. The number of hydrogen-bond acceptors (Lipinski definition) is 3. The Morgan fingerprint density at radius 2 is 1.95 bits per heavy atom. The van der Waals surface area contributed by atoms with Crippen LogP contribution in [0.3, 0.4) is 0 Å². The molecule has 0 atom stereocenters. The lowest BCUT2D eigenvalue weighted by Crippen LogP contribution is -2.43. The molecule has 1 aromatic carbocycles. The highest BCUT2D eigenvalue weighted by Crippen LogP contribution is 2.25. The molecule has 0 spiro atoms. The second-order valence-electron chi connectivity index (χ2n) is 5.50. The monoisotopic (exact) mass is 302 g/mol. The van der Waals surface area contributed by atoms with Gasteiger partial charge in [0.15, 0.2) is 5.76 Å². The van der Waals surface area contributed by atoms with E-state index in [0.717, 1.165) is 12.8 Å². The van der Waals surface area contributed by atoms with Crippen molar-refractivity contribution in [1.29, 1.82) is 0 Å². The second kappa shape index (κ2) is 6.32. The lowest BCUT2D eigenvalue weighted by molar-refractivity contribution is 0.0676. The van der Waals surface area contributed by atoms with Crippen molar-refractivity contribution >= 4 is 5.91 Å². The van der Waals surface area contributed by atoms with Gasteiger partial charge in [0.2, 0.25) is 0 Å². The average Bonchev–Trinajstić information content (AvgIpc) is 3.04. The quantitative estimate of drug-likeness (QED) is 0.948. The zero-order valence-corrected chi connectivity index (χ0v) is 12.5. The zero-order chi connectivity index (χ0) is 15.5. The SMILES string of the molecule is CNC1CCN(C(=O)c2ccc(-c3ccccc3F)o2)CC1. The van der Waals surface area contributed by atoms with E-state index in [1.54, 1.807) is 35.2 Å². The number of halogens is 1. The second-order valence-corrected chi connectivity index (χ2v) is 5.50. The van der Waals surface area contributed by atoms with Gasteiger partial charge in [-0.2, -0.15) is 0 Å². The molecule has 0 bridgehead atoms. The normalized spacial score (nSPS) is 16.0. The van der Waals surface area contributed by atoms with E-state index in [0.29, 0.717) is 30.5 Å². The third-order valence-corrected chi connectivity index (χ3v) is 4.15. The standard InChI is InChI=1S/C17H19FN2O2/c1-19-12-8-10-20(11-9-12)17(21)16-7-6-15(22-16)13-4-2-3-5-14(13)18/h2-7,12,19H,8-11H2,1H3. The minimum Gasteiger partial charge on any atom is -0.451 e. The van der Waals surface area contributed by atoms with E-state index >= 15 is 0 Å². The number of benzene rings is 1. The summed E-state index contributed by atoms with van der Waals surface area (Å²) < 4.78 is 19.3. The Kier molecular flexibility index (Phi) is 4.24. The van der Waals surface area contributed by atoms with Gasteiger partial charge < -0.3 is 14.6 Å². The number of likely N-dealkylation sites (tertiary alicyclic amines) is 1. The lowest BCUT2D eigenvalue weighted by Gasteiger charge is -2.31. The van der Waals surface area contributed by atoms with Crippen molar-refractivity contribution in [3.8, 4) is 11.3 Å². The maximum Gasteiger partial charge on any atom is 0.289 e. The maximum absolute atomic E-state index is 13.8. The molecule has 0 saturated carbocycles. The van der Waals surface area contributed by atoms with Gasteiger partial charge in [0.25, 0.3) is 5.91 Å². The number of nitrogens with zero attached hydrogens (tertiary/aromatic N) is 1. The third-order valence-electron chi connectivity index (χ3n) is 4.15. The van der Waals surface area contributed by atoms with Crippen LogP contribution in [0.25, 0.3) is 11.3 Å². The highest BCUT2D eigenvalue weighted by atomic mass is 19.1. The van der Waals surface area contributed by atoms with Gasteiger partial charge in [0.1, 0.15) is 11.6 Å². The van der Waals surface area contributed by atoms with Gasteiger partial charge in [-0.3, -0.25) is 4.79 Å². The van der Waals surface area contributed by atoms with Crippen molar-refractivity contribution in [2.75, 3.05) is 20.1 Å². The van der Waals surface area contributed by atoms with Crippen molar-refractivity contribution < 1.29 is 13.6 Å². The zero-order valence-electron chi connectivity index (χ0n) is 12.5. The maximum atomic E-state index is 13.8. The molecule has 0 aliphatic carbocycles. The Bertz CT molecular complexity index is 660. The Morgan fingerprint density at radius 3 is 2.64 bits per heavy atom. The minimum absolute atomic E-state index is 0.128. The van der Waals surface area contributed by atoms with Crippen molar-refractivity contribution in [2.45, 2.75) is 18.9 Å². The van der Waals surface area contributed by atoms with Crippen LogP contribution in [0, 0.1) is 5.82 Å². The lowest BCUT2D eigenvalue weighted by atomic mass is 10.1. The van der Waals surface area contributed by atoms with Gasteiger partial charge in [-0.05, 0) is 44.2 Å². The van der Waals surface area contributed by atoms with Gasteiger partial charge in [-0.15, -0.1) is 0 Å². The predicted octanol–water partition coefficient (Wildman–Crippen LogP) is 2.91. The van der Waals surface area contributed by atoms with E-state index in [2.05, 4.69) is 5.32 Å². The molecule has 5 heteroatoms. The first-order valence-corrected chi connectivity index (χ1v) is 7.50. The molecular weight excluding hydrogens is 283 g/mol. The summed E-state index contributed by atoms with van der Waals surface area (Å²) in [6, 6.07) is 10.1. The Balaban J connectivity index is 1.74. The van der Waals surface area contributed by atoms with E-state index in [1.165, 1.54) is 6.07 Å². The van der Waals surface area contributed by atoms with E-state index in [4.69, 9.17) is 4.42 Å². The van der Waals surface area contributed by atoms with E-state index in [9.17, 15) is 9.18 Å². The van der Waals surface area contributed by atoms with Gasteiger partial charge >= 0.3 is 0 Å². The fourth-order valence-corrected chi connectivity index (χ4v) is 2.79. The first-order chi connectivity index (χ1) is 10.7. The van der Waals surface area contributed by atoms with Crippen molar-refractivity contribution in [2.24, 2.45) is 0 Å². The molecule has 3 rings (SSSR count). The number of carbonyl (C=O) groups excluding carboxylic acids is 1. The summed E-state index contributed by atoms with van der Waals surface area (Å²) in [5.41, 5.74) is 0.371. The average molecular weight is 302 g/mol. The molecule has 116 valence electrons. The fraction of sp³-hybridized carbons (Fsp3) is 0.353. The summed E-state index contributed by atoms with van der Waals surface area (Å²) in [7, 11) is 1.94. The number of furan rings is 1. The van der Waals surface area contributed by atoms with Crippen molar-refractivity contribution in [1.82, 2.24) is 10.2 Å². The smallest absolute Gasteiger partial charge is 0.289 e. The topological polar surface area (TPSA) is 45.5 Å². The molecule has 1 aromatic heterocycles. The molecule has 22 heavy (non-hydrogen) atoms. The molecule has 2 heterocycles. The molecule has 0 radical (unpaired) electrons. The van der Waals surface area contributed by atoms with Gasteiger partial charge in [-0.1, -0.05) is 12.1 Å². The van der Waals surface area contributed by atoms with Crippen LogP contribution in [0.15, 0.2) is 40.8 Å². The highest BCUT2D eigenvalue weighted by molar-refractivity contribution is 5.92. The third kappa shape index (κ3) is 2.90. The summed E-state index contributed by atoms with van der Waals surface area (Å²) >= 11 is 0. The number of carbonyl (C=O) groups is 1. The Labute approximate surface area is 128 Å². The number of rotatable bonds is 3. The van der Waals surface area contributed by atoms with Gasteiger partial charge in [0, 0.05) is 19.1 Å². The fourth-order valence-electron chi connectivity index (χ4n) is 2.79. The first kappa shape index (κ1) is 14.8. The van der Waals surface area contributed by atoms with Crippen LogP contribution in [-0.2, 0) is 0 Å². The molecule has 1 saturated heterocycles. The van der Waals surface area contributed by atoms with Crippen LogP contribution in [0.5, 0.6) is 0 Å². The molecule has 1 aliphatic rings. The summed E-state index contributed by atoms with van der Waals surface area (Å²) in [5, 5.41) is 3.23. The Hall–Kier alpha value is -2.14. The van der Waals surface area contributed by atoms with Gasteiger partial charge in [0.05, 0.1) is 5.56 Å². The number of nitrogens with one attached hydrogen (secondary N) is 1. The van der Waals surface area contributed by atoms with Crippen molar-refractivity contribution in [3.05, 3.63) is 48.0 Å². The molecular formula is C17H19FN2O2. The number of hydrogen-bond donors (Lipinski definition) is 1. The van der Waals surface area contributed by atoms with E-state index in [-0.39, 0.29) is 17.5 Å². The summed E-state index contributed by atoms with van der Waals surface area (Å²) in [5.74, 6) is 0.163. The molecule has 4 nitrogen and oxygen atoms in total. The number of amides is 1. The first-order valence-electron chi connectivity index (χ1n) is 7.50. The molecule has 1 N–H and O–H groups in total. The Morgan fingerprint density at radius 1 is 1.23 bits per heavy atom. The summed E-state index contributed by atoms with van der Waals surface area (Å²) in [6.07, 6.45) is 1.87. The van der Waals surface area contributed by atoms with E-state index < -0.39 is 0 Å². The highest BCUT2D eigenvalue weighted by Gasteiger charge is 2.25. The molecule has 2 aromatic rings. The van der Waals surface area contributed by atoms with E-state index in [1.807, 2.05) is 7.05 Å². The van der Waals surface area contributed by atoms with Crippen LogP contribution < -0.4 is 5.32 Å². The van der Waals surface area contributed by atoms with Crippen molar-refractivity contribution in [3.63, 3.8) is 0 Å². The largest absolute Gasteiger partial charge is 0.451 e. The molecule has 1 aliphatic heterocycles. The van der Waals surface area contributed by atoms with Crippen LogP contribution >= 0.6 is 0 Å². The number of piperidine rings is 1. The molecule has 1 fully saturated rings.